The van der Waals surface area contributed by atoms with Gasteiger partial charge < -0.3 is 10.2 Å². The van der Waals surface area contributed by atoms with Crippen LogP contribution in [0.2, 0.25) is 0 Å². The zero-order chi connectivity index (χ0) is 14.4. The van der Waals surface area contributed by atoms with Crippen LogP contribution in [0, 0.1) is 0 Å². The van der Waals surface area contributed by atoms with E-state index in [1.165, 1.54) is 31.5 Å². The number of hydrogen-bond acceptors (Lipinski definition) is 3. The quantitative estimate of drug-likeness (QED) is 0.771. The number of likely N-dealkylation sites (N-methyl/N-ethyl adjacent to an activating group) is 1. The van der Waals surface area contributed by atoms with Gasteiger partial charge in [0.15, 0.2) is 0 Å². The van der Waals surface area contributed by atoms with Gasteiger partial charge in [0.2, 0.25) is 0 Å². The summed E-state index contributed by atoms with van der Waals surface area (Å²) in [6.07, 6.45) is 2.48. The molecule has 3 nitrogen and oxygen atoms in total. The summed E-state index contributed by atoms with van der Waals surface area (Å²) in [6, 6.07) is 12.2. The predicted molar refractivity (Wildman–Crippen MR) is 86.0 cm³/mol. The van der Waals surface area contributed by atoms with Crippen molar-refractivity contribution in [2.45, 2.75) is 31.8 Å². The molecular weight excluding hydrogens is 246 g/mol. The smallest absolute Gasteiger partial charge is 0.0473 e. The molecule has 0 amide bonds. The minimum atomic E-state index is 0.507. The third-order valence-corrected chi connectivity index (χ3v) is 4.31. The summed E-state index contributed by atoms with van der Waals surface area (Å²) in [5, 5.41) is 3.60. The van der Waals surface area contributed by atoms with E-state index in [1.54, 1.807) is 0 Å². The Balaban J connectivity index is 2.03. The fraction of sp³-hybridized carbons (Fsp3) is 0.647. The Bertz CT molecular complexity index is 377. The third kappa shape index (κ3) is 4.05. The summed E-state index contributed by atoms with van der Waals surface area (Å²) in [6.45, 7) is 6.77. The zero-order valence-corrected chi connectivity index (χ0v) is 13.2. The second-order valence-electron chi connectivity index (χ2n) is 6.03. The van der Waals surface area contributed by atoms with Gasteiger partial charge >= 0.3 is 0 Å². The normalized spacial score (nSPS) is 21.5. The maximum absolute atomic E-state index is 3.60. The van der Waals surface area contributed by atoms with E-state index in [2.05, 4.69) is 66.5 Å². The van der Waals surface area contributed by atoms with Crippen LogP contribution in [0.5, 0.6) is 0 Å². The van der Waals surface area contributed by atoms with Gasteiger partial charge in [0.25, 0.3) is 0 Å². The van der Waals surface area contributed by atoms with Gasteiger partial charge in [-0.15, -0.1) is 0 Å². The summed E-state index contributed by atoms with van der Waals surface area (Å²) in [5.41, 5.74) is 1.44. The standard InChI is InChI=1S/C17H29N3/c1-4-11-18-13-17(15-8-6-5-7-9-15)20-12-10-16(14-20)19(2)3/h5-9,16-18H,4,10-14H2,1-3H3. The highest BCUT2D eigenvalue weighted by Crippen LogP contribution is 2.25. The molecule has 2 unspecified atom stereocenters. The van der Waals surface area contributed by atoms with E-state index in [1.807, 2.05) is 0 Å². The van der Waals surface area contributed by atoms with Crippen LogP contribution < -0.4 is 5.32 Å². The lowest BCUT2D eigenvalue weighted by atomic mass is 10.1. The SMILES string of the molecule is CCCNCC(c1ccccc1)N1CCC(N(C)C)C1. The van der Waals surface area contributed by atoms with E-state index in [4.69, 9.17) is 0 Å². The molecule has 1 aliphatic rings. The van der Waals surface area contributed by atoms with Crippen LogP contribution >= 0.6 is 0 Å². The molecule has 20 heavy (non-hydrogen) atoms. The minimum absolute atomic E-state index is 0.507. The topological polar surface area (TPSA) is 18.5 Å². The monoisotopic (exact) mass is 275 g/mol. The highest BCUT2D eigenvalue weighted by Gasteiger charge is 2.29. The Hall–Kier alpha value is -0.900. The van der Waals surface area contributed by atoms with Crippen LogP contribution in [0.25, 0.3) is 0 Å². The molecule has 0 bridgehead atoms. The van der Waals surface area contributed by atoms with Crippen LogP contribution in [-0.2, 0) is 0 Å². The molecule has 1 aromatic carbocycles. The molecule has 1 aliphatic heterocycles. The van der Waals surface area contributed by atoms with Gasteiger partial charge in [-0.25, -0.2) is 0 Å². The number of benzene rings is 1. The van der Waals surface area contributed by atoms with Crippen molar-refractivity contribution in [2.75, 3.05) is 40.3 Å². The average molecular weight is 275 g/mol. The van der Waals surface area contributed by atoms with Gasteiger partial charge in [-0.2, -0.15) is 0 Å². The maximum Gasteiger partial charge on any atom is 0.0473 e. The first-order chi connectivity index (χ1) is 9.72. The first-order valence-electron chi connectivity index (χ1n) is 7.88. The number of rotatable bonds is 7. The number of nitrogens with one attached hydrogen (secondary N) is 1. The number of likely N-dealkylation sites (tertiary alicyclic amines) is 1. The van der Waals surface area contributed by atoms with Gasteiger partial charge in [-0.1, -0.05) is 37.3 Å². The van der Waals surface area contributed by atoms with Gasteiger partial charge in [-0.05, 0) is 39.0 Å². The Morgan fingerprint density at radius 1 is 1.30 bits per heavy atom. The average Bonchev–Trinajstić information content (AvgIpc) is 2.94. The predicted octanol–water partition coefficient (Wildman–Crippen LogP) is 2.36. The lowest BCUT2D eigenvalue weighted by Crippen LogP contribution is -2.37. The van der Waals surface area contributed by atoms with E-state index in [9.17, 15) is 0 Å². The molecule has 0 radical (unpaired) electrons. The molecule has 1 saturated heterocycles. The molecule has 0 aromatic heterocycles. The first-order valence-corrected chi connectivity index (χ1v) is 7.88. The van der Waals surface area contributed by atoms with Crippen molar-refractivity contribution >= 4 is 0 Å². The molecule has 2 atom stereocenters. The Kier molecular flexibility index (Phi) is 6.02. The lowest BCUT2D eigenvalue weighted by Gasteiger charge is -2.29. The summed E-state index contributed by atoms with van der Waals surface area (Å²) in [4.78, 5) is 5.00. The largest absolute Gasteiger partial charge is 0.315 e. The van der Waals surface area contributed by atoms with E-state index in [-0.39, 0.29) is 0 Å². The highest BCUT2D eigenvalue weighted by atomic mass is 15.3. The molecule has 0 saturated carbocycles. The van der Waals surface area contributed by atoms with Gasteiger partial charge in [0, 0.05) is 31.7 Å². The van der Waals surface area contributed by atoms with Crippen LogP contribution in [0.1, 0.15) is 31.4 Å². The fourth-order valence-electron chi connectivity index (χ4n) is 3.02. The second-order valence-corrected chi connectivity index (χ2v) is 6.03. The maximum atomic E-state index is 3.60. The molecule has 0 spiro atoms. The summed E-state index contributed by atoms with van der Waals surface area (Å²) >= 11 is 0. The highest BCUT2D eigenvalue weighted by molar-refractivity contribution is 5.20. The number of nitrogens with zero attached hydrogens (tertiary/aromatic N) is 2. The molecule has 112 valence electrons. The van der Waals surface area contributed by atoms with E-state index in [0.29, 0.717) is 12.1 Å². The van der Waals surface area contributed by atoms with Gasteiger partial charge in [0.05, 0.1) is 0 Å². The Labute approximate surface area is 124 Å². The molecule has 1 aromatic rings. The van der Waals surface area contributed by atoms with Crippen molar-refractivity contribution in [1.82, 2.24) is 15.1 Å². The minimum Gasteiger partial charge on any atom is -0.315 e. The van der Waals surface area contributed by atoms with E-state index < -0.39 is 0 Å². The van der Waals surface area contributed by atoms with Crippen molar-refractivity contribution in [3.8, 4) is 0 Å². The lowest BCUT2D eigenvalue weighted by molar-refractivity contribution is 0.212. The molecule has 1 fully saturated rings. The molecule has 1 N–H and O–H groups in total. The summed E-state index contributed by atoms with van der Waals surface area (Å²) in [5.74, 6) is 0. The second kappa shape index (κ2) is 7.77. The number of hydrogen-bond donors (Lipinski definition) is 1. The molecule has 3 heteroatoms. The van der Waals surface area contributed by atoms with Crippen molar-refractivity contribution in [3.63, 3.8) is 0 Å². The van der Waals surface area contributed by atoms with Crippen molar-refractivity contribution < 1.29 is 0 Å². The van der Waals surface area contributed by atoms with Crippen LogP contribution in [0.4, 0.5) is 0 Å². The van der Waals surface area contributed by atoms with E-state index in [0.717, 1.165) is 13.1 Å². The van der Waals surface area contributed by atoms with E-state index >= 15 is 0 Å². The van der Waals surface area contributed by atoms with Crippen LogP contribution in [0.3, 0.4) is 0 Å². The van der Waals surface area contributed by atoms with Crippen LogP contribution in [-0.4, -0.2) is 56.1 Å². The zero-order valence-electron chi connectivity index (χ0n) is 13.2. The third-order valence-electron chi connectivity index (χ3n) is 4.31. The van der Waals surface area contributed by atoms with Crippen molar-refractivity contribution in [2.24, 2.45) is 0 Å². The summed E-state index contributed by atoms with van der Waals surface area (Å²) in [7, 11) is 4.39. The van der Waals surface area contributed by atoms with Gasteiger partial charge in [0.1, 0.15) is 0 Å². The Morgan fingerprint density at radius 3 is 2.65 bits per heavy atom. The van der Waals surface area contributed by atoms with Gasteiger partial charge in [-0.3, -0.25) is 4.90 Å². The molecule has 1 heterocycles. The van der Waals surface area contributed by atoms with Crippen molar-refractivity contribution in [3.05, 3.63) is 35.9 Å². The molecule has 2 rings (SSSR count). The fourth-order valence-corrected chi connectivity index (χ4v) is 3.02. The first kappa shape index (κ1) is 15.5. The van der Waals surface area contributed by atoms with Crippen LogP contribution in [0.15, 0.2) is 30.3 Å². The molecule has 0 aliphatic carbocycles. The van der Waals surface area contributed by atoms with Crippen molar-refractivity contribution in [1.29, 1.82) is 0 Å². The summed E-state index contributed by atoms with van der Waals surface area (Å²) < 4.78 is 0. The molecular formula is C17H29N3. The Morgan fingerprint density at radius 2 is 2.05 bits per heavy atom.